The molecule has 1 unspecified atom stereocenters. The zero-order valence-corrected chi connectivity index (χ0v) is 9.11. The van der Waals surface area contributed by atoms with Crippen LogP contribution in [0.1, 0.15) is 33.6 Å². The average Bonchev–Trinajstić information content (AvgIpc) is 2.05. The summed E-state index contributed by atoms with van der Waals surface area (Å²) in [6.45, 7) is 4.92. The van der Waals surface area contributed by atoms with Crippen LogP contribution in [0, 0.1) is 0 Å². The lowest BCUT2D eigenvalue weighted by molar-refractivity contribution is -0.143. The Labute approximate surface area is 82.9 Å². The number of rotatable bonds is 5. The molecule has 3 nitrogen and oxygen atoms in total. The predicted octanol–water partition coefficient (Wildman–Crippen LogP) is 1.39. The Bertz CT molecular complexity index is 179. The van der Waals surface area contributed by atoms with E-state index in [1.807, 2.05) is 13.8 Å². The molecule has 0 saturated carbocycles. The molecule has 76 valence electrons. The van der Waals surface area contributed by atoms with Crippen molar-refractivity contribution in [1.29, 1.82) is 0 Å². The topological polar surface area (TPSA) is 54.4 Å². The molecule has 0 heterocycles. The van der Waals surface area contributed by atoms with Gasteiger partial charge in [-0.3, -0.25) is 9.59 Å². The molecule has 0 bridgehead atoms. The van der Waals surface area contributed by atoms with Crippen LogP contribution in [0.3, 0.4) is 0 Å². The van der Waals surface area contributed by atoms with Crippen molar-refractivity contribution in [2.75, 3.05) is 5.75 Å². The average molecular weight is 204 g/mol. The first kappa shape index (κ1) is 12.7. The first-order valence-corrected chi connectivity index (χ1v) is 5.38. The summed E-state index contributed by atoms with van der Waals surface area (Å²) in [5.74, 6) is 0.190. The maximum Gasteiger partial charge on any atom is 0.227 e. The Hall–Kier alpha value is -0.350. The summed E-state index contributed by atoms with van der Waals surface area (Å²) in [4.78, 5) is 22.6. The molecule has 1 N–H and O–H groups in total. The van der Waals surface area contributed by atoms with Gasteiger partial charge < -0.3 is 5.11 Å². The zero-order chi connectivity index (χ0) is 10.5. The van der Waals surface area contributed by atoms with Crippen molar-refractivity contribution < 1.29 is 14.7 Å². The van der Waals surface area contributed by atoms with Gasteiger partial charge in [0, 0.05) is 6.42 Å². The van der Waals surface area contributed by atoms with Crippen LogP contribution >= 0.6 is 11.8 Å². The summed E-state index contributed by atoms with van der Waals surface area (Å²) in [6.07, 6.45) is 0.905. The van der Waals surface area contributed by atoms with E-state index in [9.17, 15) is 14.7 Å². The van der Waals surface area contributed by atoms with Gasteiger partial charge in [-0.25, -0.2) is 0 Å². The second-order valence-corrected chi connectivity index (χ2v) is 4.20. The lowest BCUT2D eigenvalue weighted by Crippen LogP contribution is -2.42. The molecule has 0 spiro atoms. The van der Waals surface area contributed by atoms with Gasteiger partial charge in [-0.05, 0) is 19.1 Å². The molecule has 0 saturated heterocycles. The second-order valence-electron chi connectivity index (χ2n) is 2.97. The van der Waals surface area contributed by atoms with E-state index in [0.29, 0.717) is 12.2 Å². The summed E-state index contributed by atoms with van der Waals surface area (Å²) in [6, 6.07) is 0. The lowest BCUT2D eigenvalue weighted by Gasteiger charge is -2.18. The zero-order valence-electron chi connectivity index (χ0n) is 8.29. The Balaban J connectivity index is 4.36. The van der Waals surface area contributed by atoms with Crippen LogP contribution < -0.4 is 0 Å². The van der Waals surface area contributed by atoms with Crippen LogP contribution in [0.5, 0.6) is 0 Å². The van der Waals surface area contributed by atoms with Crippen LogP contribution in [0.15, 0.2) is 0 Å². The molecule has 0 radical (unpaired) electrons. The highest BCUT2D eigenvalue weighted by Gasteiger charge is 2.37. The van der Waals surface area contributed by atoms with E-state index in [0.717, 1.165) is 11.8 Å². The van der Waals surface area contributed by atoms with Gasteiger partial charge in [-0.15, -0.1) is 0 Å². The van der Waals surface area contributed by atoms with Crippen LogP contribution in [0.25, 0.3) is 0 Å². The molecule has 1 atom stereocenters. The van der Waals surface area contributed by atoms with Gasteiger partial charge in [0.05, 0.1) is 0 Å². The van der Waals surface area contributed by atoms with Crippen LogP contribution in [0.2, 0.25) is 0 Å². The molecular formula is C9H16O3S. The number of thioether (sulfide) groups is 1. The van der Waals surface area contributed by atoms with Gasteiger partial charge in [0.2, 0.25) is 5.12 Å². The third-order valence-corrected chi connectivity index (χ3v) is 2.64. The summed E-state index contributed by atoms with van der Waals surface area (Å²) in [7, 11) is 0. The number of hydrogen-bond acceptors (Lipinski definition) is 4. The van der Waals surface area contributed by atoms with Gasteiger partial charge >= 0.3 is 0 Å². The molecule has 0 aliphatic carbocycles. The lowest BCUT2D eigenvalue weighted by atomic mass is 9.99. The van der Waals surface area contributed by atoms with E-state index in [4.69, 9.17) is 0 Å². The van der Waals surface area contributed by atoms with Crippen molar-refractivity contribution in [3.63, 3.8) is 0 Å². The van der Waals surface area contributed by atoms with Gasteiger partial charge in [0.15, 0.2) is 11.4 Å². The standard InChI is InChI=1S/C9H16O3S/c1-4-6-7(10)9(3,12)8(11)13-5-2/h12H,4-6H2,1-3H3. The molecule has 0 rings (SSSR count). The number of carbonyl (C=O) groups is 2. The number of ketones is 1. The van der Waals surface area contributed by atoms with Gasteiger partial charge in [-0.2, -0.15) is 0 Å². The van der Waals surface area contributed by atoms with Crippen molar-refractivity contribution in [1.82, 2.24) is 0 Å². The van der Waals surface area contributed by atoms with Crippen LogP contribution in [-0.4, -0.2) is 27.4 Å². The monoisotopic (exact) mass is 204 g/mol. The third-order valence-electron chi connectivity index (χ3n) is 1.69. The molecule has 0 aliphatic rings. The van der Waals surface area contributed by atoms with E-state index >= 15 is 0 Å². The predicted molar refractivity (Wildman–Crippen MR) is 53.7 cm³/mol. The smallest absolute Gasteiger partial charge is 0.227 e. The number of aliphatic hydroxyl groups is 1. The fraction of sp³-hybridized carbons (Fsp3) is 0.778. The van der Waals surface area contributed by atoms with E-state index in [2.05, 4.69) is 0 Å². The SMILES string of the molecule is CCCC(=O)C(C)(O)C(=O)SCC. The van der Waals surface area contributed by atoms with Gasteiger partial charge in [-0.1, -0.05) is 25.6 Å². The molecule has 0 aromatic carbocycles. The molecule has 0 amide bonds. The van der Waals surface area contributed by atoms with Gasteiger partial charge in [0.1, 0.15) is 0 Å². The minimum Gasteiger partial charge on any atom is -0.374 e. The summed E-state index contributed by atoms with van der Waals surface area (Å²) in [5, 5.41) is 9.14. The third kappa shape index (κ3) is 3.48. The van der Waals surface area contributed by atoms with Gasteiger partial charge in [0.25, 0.3) is 0 Å². The normalized spacial score (nSPS) is 15.1. The molecule has 4 heteroatoms. The summed E-state index contributed by atoms with van der Waals surface area (Å²) < 4.78 is 0. The van der Waals surface area contributed by atoms with E-state index in [-0.39, 0.29) is 12.2 Å². The minimum absolute atomic E-state index is 0.253. The van der Waals surface area contributed by atoms with Crippen molar-refractivity contribution in [2.45, 2.75) is 39.2 Å². The highest BCUT2D eigenvalue weighted by atomic mass is 32.2. The van der Waals surface area contributed by atoms with E-state index in [1.54, 1.807) is 0 Å². The molecule has 0 fully saturated rings. The quantitative estimate of drug-likeness (QED) is 0.687. The van der Waals surface area contributed by atoms with Crippen molar-refractivity contribution >= 4 is 22.7 Å². The minimum atomic E-state index is -1.79. The van der Waals surface area contributed by atoms with Crippen LogP contribution in [-0.2, 0) is 9.59 Å². The Morgan fingerprint density at radius 1 is 1.38 bits per heavy atom. The van der Waals surface area contributed by atoms with Crippen LogP contribution in [0.4, 0.5) is 0 Å². The van der Waals surface area contributed by atoms with Crippen molar-refractivity contribution in [3.05, 3.63) is 0 Å². The maximum absolute atomic E-state index is 11.3. The first-order valence-electron chi connectivity index (χ1n) is 4.39. The largest absolute Gasteiger partial charge is 0.374 e. The van der Waals surface area contributed by atoms with Crippen molar-refractivity contribution in [3.8, 4) is 0 Å². The molecule has 0 aromatic heterocycles. The maximum atomic E-state index is 11.3. The molecule has 0 aliphatic heterocycles. The fourth-order valence-corrected chi connectivity index (χ4v) is 1.51. The molecule has 0 aromatic rings. The van der Waals surface area contributed by atoms with Crippen molar-refractivity contribution in [2.24, 2.45) is 0 Å². The highest BCUT2D eigenvalue weighted by molar-refractivity contribution is 8.13. The molecule has 13 heavy (non-hydrogen) atoms. The number of Topliss-reactive ketones (excluding diaryl/α,β-unsaturated/α-hetero) is 1. The Kier molecular flexibility index (Phi) is 5.25. The second kappa shape index (κ2) is 5.40. The summed E-state index contributed by atoms with van der Waals surface area (Å²) in [5.41, 5.74) is -1.79. The number of carbonyl (C=O) groups excluding carboxylic acids is 2. The Morgan fingerprint density at radius 3 is 2.31 bits per heavy atom. The highest BCUT2D eigenvalue weighted by Crippen LogP contribution is 2.18. The fourth-order valence-electron chi connectivity index (χ4n) is 0.856. The van der Waals surface area contributed by atoms with E-state index < -0.39 is 10.7 Å². The number of hydrogen-bond donors (Lipinski definition) is 1. The van der Waals surface area contributed by atoms with E-state index in [1.165, 1.54) is 6.92 Å². The summed E-state index contributed by atoms with van der Waals surface area (Å²) >= 11 is 0.983. The Morgan fingerprint density at radius 2 is 1.92 bits per heavy atom. The molecular weight excluding hydrogens is 188 g/mol. The first-order chi connectivity index (χ1) is 5.96.